The Morgan fingerprint density at radius 2 is 1.83 bits per heavy atom. The zero-order valence-corrected chi connectivity index (χ0v) is 17.1. The van der Waals surface area contributed by atoms with Crippen molar-refractivity contribution in [1.29, 1.82) is 0 Å². The maximum absolute atomic E-state index is 11.6. The molecule has 0 spiro atoms. The van der Waals surface area contributed by atoms with E-state index < -0.39 is 5.97 Å². The van der Waals surface area contributed by atoms with Crippen LogP contribution in [0.2, 0.25) is 5.02 Å². The molecule has 1 aromatic heterocycles. The van der Waals surface area contributed by atoms with Gasteiger partial charge in [0.15, 0.2) is 0 Å². The van der Waals surface area contributed by atoms with Crippen LogP contribution < -0.4 is 9.47 Å². The maximum atomic E-state index is 11.6. The molecule has 0 atom stereocenters. The minimum absolute atomic E-state index is 0.151. The number of carboxylic acids is 1. The molecular formula is C24H20ClNO4. The van der Waals surface area contributed by atoms with Crippen LogP contribution in [0, 0.1) is 0 Å². The van der Waals surface area contributed by atoms with Gasteiger partial charge >= 0.3 is 5.97 Å². The average molecular weight is 422 g/mol. The van der Waals surface area contributed by atoms with Crippen molar-refractivity contribution in [3.63, 3.8) is 0 Å². The lowest BCUT2D eigenvalue weighted by atomic mass is 10.0. The topological polar surface area (TPSA) is 71.5 Å². The number of H-pyrrole nitrogens is 1. The van der Waals surface area contributed by atoms with Gasteiger partial charge in [-0.2, -0.15) is 0 Å². The molecule has 0 amide bonds. The second-order valence-electron chi connectivity index (χ2n) is 6.75. The fourth-order valence-electron chi connectivity index (χ4n) is 3.46. The van der Waals surface area contributed by atoms with E-state index in [9.17, 15) is 9.90 Å². The summed E-state index contributed by atoms with van der Waals surface area (Å²) >= 11 is 6.23. The fourth-order valence-corrected chi connectivity index (χ4v) is 3.63. The Morgan fingerprint density at radius 1 is 1.03 bits per heavy atom. The number of nitrogens with one attached hydrogen (secondary N) is 1. The van der Waals surface area contributed by atoms with Crippen LogP contribution >= 0.6 is 11.6 Å². The van der Waals surface area contributed by atoms with Gasteiger partial charge in [-0.1, -0.05) is 29.8 Å². The zero-order chi connectivity index (χ0) is 21.1. The Bertz CT molecular complexity index is 1200. The van der Waals surface area contributed by atoms with E-state index >= 15 is 0 Å². The minimum atomic E-state index is -0.925. The number of hydrogen-bond donors (Lipinski definition) is 2. The van der Waals surface area contributed by atoms with Gasteiger partial charge < -0.3 is 19.6 Å². The van der Waals surface area contributed by atoms with Gasteiger partial charge in [0.25, 0.3) is 0 Å². The molecule has 0 aliphatic carbocycles. The smallest absolute Gasteiger partial charge is 0.307 e. The summed E-state index contributed by atoms with van der Waals surface area (Å²) in [6.45, 7) is 2.38. The number of benzene rings is 3. The third-order valence-electron chi connectivity index (χ3n) is 4.70. The Hall–Kier alpha value is -3.44. The lowest BCUT2D eigenvalue weighted by molar-refractivity contribution is -0.136. The maximum Gasteiger partial charge on any atom is 0.307 e. The van der Waals surface area contributed by atoms with Crippen molar-refractivity contribution >= 4 is 28.5 Å². The van der Waals surface area contributed by atoms with Crippen LogP contribution in [-0.2, 0) is 11.2 Å². The third kappa shape index (κ3) is 4.11. The van der Waals surface area contributed by atoms with E-state index in [-0.39, 0.29) is 6.42 Å². The van der Waals surface area contributed by atoms with Crippen molar-refractivity contribution in [1.82, 2.24) is 4.98 Å². The van der Waals surface area contributed by atoms with E-state index in [4.69, 9.17) is 21.1 Å². The Kier molecular flexibility index (Phi) is 5.63. The molecule has 0 radical (unpaired) electrons. The van der Waals surface area contributed by atoms with Gasteiger partial charge in [0.05, 0.1) is 18.7 Å². The van der Waals surface area contributed by atoms with E-state index in [1.165, 1.54) is 0 Å². The number of carboxylic acid groups (broad SMARTS) is 1. The average Bonchev–Trinajstić information content (AvgIpc) is 3.07. The molecule has 1 heterocycles. The highest BCUT2D eigenvalue weighted by Crippen LogP contribution is 2.39. The number of para-hydroxylation sites is 1. The standard InChI is InChI=1S/C24H20ClNO4/c1-2-29-22-11-8-15(25)12-20(22)24-19(14-23(27)28)18-13-17(9-10-21(18)26-24)30-16-6-4-3-5-7-16/h3-13,26H,2,14H2,1H3,(H,27,28). The number of aliphatic carboxylic acids is 1. The third-order valence-corrected chi connectivity index (χ3v) is 4.93. The molecule has 0 aliphatic rings. The first-order valence-electron chi connectivity index (χ1n) is 9.57. The summed E-state index contributed by atoms with van der Waals surface area (Å²) in [6.07, 6.45) is -0.151. The summed E-state index contributed by atoms with van der Waals surface area (Å²) in [4.78, 5) is 15.0. The molecule has 5 nitrogen and oxygen atoms in total. The van der Waals surface area contributed by atoms with Gasteiger partial charge in [-0.15, -0.1) is 0 Å². The summed E-state index contributed by atoms with van der Waals surface area (Å²) in [5.41, 5.74) is 2.86. The molecule has 3 aromatic carbocycles. The number of rotatable bonds is 7. The molecule has 4 rings (SSSR count). The van der Waals surface area contributed by atoms with Crippen molar-refractivity contribution in [2.75, 3.05) is 6.61 Å². The van der Waals surface area contributed by atoms with Crippen LogP contribution in [0.4, 0.5) is 0 Å². The van der Waals surface area contributed by atoms with Gasteiger partial charge in [0.2, 0.25) is 0 Å². The monoisotopic (exact) mass is 421 g/mol. The molecule has 0 fully saturated rings. The van der Waals surface area contributed by atoms with Gasteiger partial charge in [-0.25, -0.2) is 0 Å². The number of ether oxygens (including phenoxy) is 2. The van der Waals surface area contributed by atoms with Crippen LogP contribution in [0.3, 0.4) is 0 Å². The largest absolute Gasteiger partial charge is 0.493 e. The summed E-state index contributed by atoms with van der Waals surface area (Å²) in [7, 11) is 0. The zero-order valence-electron chi connectivity index (χ0n) is 16.3. The van der Waals surface area contributed by atoms with Gasteiger partial charge in [0.1, 0.15) is 17.2 Å². The van der Waals surface area contributed by atoms with E-state index in [1.807, 2.05) is 55.5 Å². The van der Waals surface area contributed by atoms with E-state index in [0.29, 0.717) is 40.1 Å². The van der Waals surface area contributed by atoms with Crippen LogP contribution in [0.15, 0.2) is 66.7 Å². The molecule has 6 heteroatoms. The highest BCUT2D eigenvalue weighted by Gasteiger charge is 2.20. The fraction of sp³-hybridized carbons (Fsp3) is 0.125. The van der Waals surface area contributed by atoms with Crippen molar-refractivity contribution < 1.29 is 19.4 Å². The minimum Gasteiger partial charge on any atom is -0.493 e. The molecule has 0 bridgehead atoms. The second kappa shape index (κ2) is 8.51. The predicted octanol–water partition coefficient (Wildman–Crippen LogP) is 6.31. The Labute approximate surface area is 178 Å². The van der Waals surface area contributed by atoms with Crippen molar-refractivity contribution in [2.24, 2.45) is 0 Å². The lowest BCUT2D eigenvalue weighted by Crippen LogP contribution is -2.02. The van der Waals surface area contributed by atoms with Crippen LogP contribution in [0.1, 0.15) is 12.5 Å². The number of fused-ring (bicyclic) bond motifs is 1. The van der Waals surface area contributed by atoms with Crippen molar-refractivity contribution in [3.05, 3.63) is 77.3 Å². The highest BCUT2D eigenvalue weighted by atomic mass is 35.5. The first-order chi connectivity index (χ1) is 14.5. The Balaban J connectivity index is 1.86. The molecular weight excluding hydrogens is 402 g/mol. The molecule has 0 unspecified atom stereocenters. The van der Waals surface area contributed by atoms with E-state index in [2.05, 4.69) is 4.98 Å². The normalized spacial score (nSPS) is 10.9. The van der Waals surface area contributed by atoms with Gasteiger partial charge in [-0.3, -0.25) is 4.79 Å². The number of hydrogen-bond acceptors (Lipinski definition) is 3. The number of aromatic amines is 1. The molecule has 30 heavy (non-hydrogen) atoms. The summed E-state index contributed by atoms with van der Waals surface area (Å²) in [5, 5.41) is 10.9. The van der Waals surface area contributed by atoms with Gasteiger partial charge in [-0.05, 0) is 61.0 Å². The van der Waals surface area contributed by atoms with Crippen LogP contribution in [-0.4, -0.2) is 22.7 Å². The summed E-state index contributed by atoms with van der Waals surface area (Å²) in [5.74, 6) is 1.05. The molecule has 4 aromatic rings. The molecule has 2 N–H and O–H groups in total. The molecule has 0 saturated carbocycles. The SMILES string of the molecule is CCOc1ccc(Cl)cc1-c1[nH]c2ccc(Oc3ccccc3)cc2c1CC(=O)O. The van der Waals surface area contributed by atoms with Gasteiger partial charge in [0, 0.05) is 21.5 Å². The summed E-state index contributed by atoms with van der Waals surface area (Å²) < 4.78 is 11.7. The van der Waals surface area contributed by atoms with Crippen molar-refractivity contribution in [2.45, 2.75) is 13.3 Å². The van der Waals surface area contributed by atoms with Crippen LogP contribution in [0.25, 0.3) is 22.2 Å². The highest BCUT2D eigenvalue weighted by molar-refractivity contribution is 6.31. The van der Waals surface area contributed by atoms with Crippen LogP contribution in [0.5, 0.6) is 17.2 Å². The molecule has 152 valence electrons. The predicted molar refractivity (Wildman–Crippen MR) is 118 cm³/mol. The molecule has 0 saturated heterocycles. The quantitative estimate of drug-likeness (QED) is 0.367. The number of aromatic nitrogens is 1. The first kappa shape index (κ1) is 19.9. The Morgan fingerprint density at radius 3 is 2.57 bits per heavy atom. The molecule has 0 aliphatic heterocycles. The second-order valence-corrected chi connectivity index (χ2v) is 7.18. The van der Waals surface area contributed by atoms with E-state index in [0.717, 1.165) is 16.5 Å². The number of carbonyl (C=O) groups is 1. The first-order valence-corrected chi connectivity index (χ1v) is 9.95. The number of halogens is 1. The van der Waals surface area contributed by atoms with Crippen molar-refractivity contribution in [3.8, 4) is 28.5 Å². The summed E-state index contributed by atoms with van der Waals surface area (Å²) in [6, 6.07) is 20.4. The lowest BCUT2D eigenvalue weighted by Gasteiger charge is -2.11. The van der Waals surface area contributed by atoms with E-state index in [1.54, 1.807) is 18.2 Å².